The third kappa shape index (κ3) is 4.58. The Bertz CT molecular complexity index is 488. The first-order valence-electron chi connectivity index (χ1n) is 6.61. The van der Waals surface area contributed by atoms with Crippen LogP contribution in [0, 0.1) is 0 Å². The van der Waals surface area contributed by atoms with Crippen molar-refractivity contribution in [1.29, 1.82) is 0 Å². The molecule has 100 valence electrons. The largest absolute Gasteiger partial charge is 0.493 e. The van der Waals surface area contributed by atoms with E-state index in [2.05, 4.69) is 22.2 Å². The molecule has 0 bridgehead atoms. The highest BCUT2D eigenvalue weighted by Crippen LogP contribution is 2.14. The normalized spacial score (nSPS) is 10.2. The smallest absolute Gasteiger partial charge is 0.129 e. The molecular weight excluding hydrogens is 238 g/mol. The highest BCUT2D eigenvalue weighted by atomic mass is 16.5. The molecular formula is C15H19N3O. The van der Waals surface area contributed by atoms with Crippen molar-refractivity contribution >= 4 is 5.82 Å². The van der Waals surface area contributed by atoms with Gasteiger partial charge >= 0.3 is 0 Å². The molecule has 0 aromatic carbocycles. The van der Waals surface area contributed by atoms with E-state index in [0.717, 1.165) is 36.6 Å². The fourth-order valence-electron chi connectivity index (χ4n) is 1.67. The number of aromatic nitrogens is 2. The molecule has 0 atom stereocenters. The molecule has 0 amide bonds. The van der Waals surface area contributed by atoms with E-state index in [1.807, 2.05) is 30.3 Å². The molecule has 0 aliphatic carbocycles. The zero-order valence-corrected chi connectivity index (χ0v) is 11.2. The van der Waals surface area contributed by atoms with Gasteiger partial charge in [-0.3, -0.25) is 4.98 Å². The number of hydrogen-bond donors (Lipinski definition) is 1. The molecule has 0 spiro atoms. The summed E-state index contributed by atoms with van der Waals surface area (Å²) < 4.78 is 5.71. The maximum Gasteiger partial charge on any atom is 0.129 e. The quantitative estimate of drug-likeness (QED) is 0.828. The third-order valence-corrected chi connectivity index (χ3v) is 2.64. The van der Waals surface area contributed by atoms with Crippen molar-refractivity contribution in [3.63, 3.8) is 0 Å². The highest BCUT2D eigenvalue weighted by Gasteiger charge is 1.99. The molecule has 0 aliphatic rings. The van der Waals surface area contributed by atoms with E-state index in [1.165, 1.54) is 0 Å². The summed E-state index contributed by atoms with van der Waals surface area (Å²) in [5.74, 6) is 1.70. The zero-order chi connectivity index (χ0) is 13.3. The lowest BCUT2D eigenvalue weighted by atomic mass is 10.3. The maximum atomic E-state index is 5.71. The average Bonchev–Trinajstić information content (AvgIpc) is 2.47. The molecule has 2 heterocycles. The number of hydrogen-bond acceptors (Lipinski definition) is 4. The van der Waals surface area contributed by atoms with Crippen molar-refractivity contribution in [2.75, 3.05) is 18.5 Å². The fraction of sp³-hybridized carbons (Fsp3) is 0.333. The van der Waals surface area contributed by atoms with E-state index in [0.29, 0.717) is 6.61 Å². The van der Waals surface area contributed by atoms with E-state index in [9.17, 15) is 0 Å². The van der Waals surface area contributed by atoms with E-state index >= 15 is 0 Å². The van der Waals surface area contributed by atoms with Crippen molar-refractivity contribution in [3.05, 3.63) is 48.4 Å². The van der Waals surface area contributed by atoms with Crippen LogP contribution in [0.25, 0.3) is 0 Å². The van der Waals surface area contributed by atoms with Crippen LogP contribution in [0.2, 0.25) is 0 Å². The van der Waals surface area contributed by atoms with Gasteiger partial charge in [0.05, 0.1) is 6.61 Å². The van der Waals surface area contributed by atoms with Crippen LogP contribution in [0.3, 0.4) is 0 Å². The molecule has 19 heavy (non-hydrogen) atoms. The van der Waals surface area contributed by atoms with Gasteiger partial charge in [-0.1, -0.05) is 13.0 Å². The first-order chi connectivity index (χ1) is 9.38. The molecule has 2 aromatic heterocycles. The number of rotatable bonds is 7. The number of nitrogens with one attached hydrogen (secondary N) is 1. The molecule has 1 N–H and O–H groups in total. The van der Waals surface area contributed by atoms with Crippen molar-refractivity contribution in [3.8, 4) is 5.75 Å². The molecule has 0 saturated heterocycles. The Morgan fingerprint density at radius 1 is 1.16 bits per heavy atom. The van der Waals surface area contributed by atoms with E-state index < -0.39 is 0 Å². The summed E-state index contributed by atoms with van der Waals surface area (Å²) in [6, 6.07) is 9.70. The highest BCUT2D eigenvalue weighted by molar-refractivity contribution is 5.40. The minimum Gasteiger partial charge on any atom is -0.493 e. The van der Waals surface area contributed by atoms with Gasteiger partial charge < -0.3 is 10.1 Å². The predicted molar refractivity (Wildman–Crippen MR) is 76.5 cm³/mol. The fourth-order valence-corrected chi connectivity index (χ4v) is 1.67. The number of pyridine rings is 2. The van der Waals surface area contributed by atoms with Gasteiger partial charge in [-0.2, -0.15) is 0 Å². The van der Waals surface area contributed by atoms with Gasteiger partial charge in [-0.15, -0.1) is 0 Å². The number of nitrogens with zero attached hydrogens (tertiary/aromatic N) is 2. The van der Waals surface area contributed by atoms with Gasteiger partial charge in [0.15, 0.2) is 0 Å². The lowest BCUT2D eigenvalue weighted by Crippen LogP contribution is -2.05. The van der Waals surface area contributed by atoms with Crippen LogP contribution in [0.1, 0.15) is 19.0 Å². The Morgan fingerprint density at radius 3 is 2.89 bits per heavy atom. The van der Waals surface area contributed by atoms with Gasteiger partial charge in [-0.05, 0) is 24.6 Å². The van der Waals surface area contributed by atoms with Gasteiger partial charge in [-0.25, -0.2) is 4.98 Å². The first kappa shape index (κ1) is 13.3. The second-order valence-corrected chi connectivity index (χ2v) is 4.22. The Labute approximate surface area is 113 Å². The van der Waals surface area contributed by atoms with Crippen molar-refractivity contribution in [2.24, 2.45) is 0 Å². The minimum absolute atomic E-state index is 0.619. The Hall–Kier alpha value is -2.10. The Morgan fingerprint density at radius 2 is 2.11 bits per heavy atom. The van der Waals surface area contributed by atoms with Gasteiger partial charge in [0.25, 0.3) is 0 Å². The maximum absolute atomic E-state index is 5.71. The molecule has 2 rings (SSSR count). The lowest BCUT2D eigenvalue weighted by Gasteiger charge is -2.08. The van der Waals surface area contributed by atoms with Crippen molar-refractivity contribution in [1.82, 2.24) is 9.97 Å². The summed E-state index contributed by atoms with van der Waals surface area (Å²) >= 11 is 0. The van der Waals surface area contributed by atoms with Crippen LogP contribution in [0.5, 0.6) is 5.75 Å². The summed E-state index contributed by atoms with van der Waals surface area (Å²) in [5, 5.41) is 3.24. The Balaban J connectivity index is 1.82. The molecule has 4 heteroatoms. The number of ether oxygens (including phenoxy) is 1. The molecule has 0 radical (unpaired) electrons. The average molecular weight is 257 g/mol. The third-order valence-electron chi connectivity index (χ3n) is 2.64. The second-order valence-electron chi connectivity index (χ2n) is 4.22. The van der Waals surface area contributed by atoms with Crippen LogP contribution in [-0.2, 0) is 6.42 Å². The van der Waals surface area contributed by atoms with Gasteiger partial charge in [0.1, 0.15) is 11.6 Å². The van der Waals surface area contributed by atoms with E-state index in [4.69, 9.17) is 4.74 Å². The standard InChI is InChI=1S/C15H19N3O/c1-2-8-17-15-12-14(6-10-18-15)19-11-7-13-5-3-4-9-16-13/h3-6,9-10,12H,2,7-8,11H2,1H3,(H,17,18). The lowest BCUT2D eigenvalue weighted by molar-refractivity contribution is 0.320. The summed E-state index contributed by atoms with van der Waals surface area (Å²) in [4.78, 5) is 8.50. The number of anilines is 1. The molecule has 0 fully saturated rings. The Kier molecular flexibility index (Phi) is 5.17. The SMILES string of the molecule is CCCNc1cc(OCCc2ccccn2)ccn1. The predicted octanol–water partition coefficient (Wildman–Crippen LogP) is 2.92. The molecule has 2 aromatic rings. The molecule has 4 nitrogen and oxygen atoms in total. The van der Waals surface area contributed by atoms with E-state index in [1.54, 1.807) is 12.4 Å². The summed E-state index contributed by atoms with van der Waals surface area (Å²) in [6.07, 6.45) is 5.44. The minimum atomic E-state index is 0.619. The summed E-state index contributed by atoms with van der Waals surface area (Å²) in [5.41, 5.74) is 1.04. The van der Waals surface area contributed by atoms with Crippen LogP contribution in [0.15, 0.2) is 42.7 Å². The monoisotopic (exact) mass is 257 g/mol. The second kappa shape index (κ2) is 7.36. The molecule has 0 unspecified atom stereocenters. The topological polar surface area (TPSA) is 47.0 Å². The van der Waals surface area contributed by atoms with Crippen LogP contribution in [-0.4, -0.2) is 23.1 Å². The molecule has 0 saturated carbocycles. The van der Waals surface area contributed by atoms with Crippen molar-refractivity contribution < 1.29 is 4.74 Å². The zero-order valence-electron chi connectivity index (χ0n) is 11.2. The molecule has 0 aliphatic heterocycles. The van der Waals surface area contributed by atoms with Crippen LogP contribution < -0.4 is 10.1 Å². The van der Waals surface area contributed by atoms with E-state index in [-0.39, 0.29) is 0 Å². The van der Waals surface area contributed by atoms with Gasteiger partial charge in [0.2, 0.25) is 0 Å². The first-order valence-corrected chi connectivity index (χ1v) is 6.61. The summed E-state index contributed by atoms with van der Waals surface area (Å²) in [6.45, 7) is 3.67. The van der Waals surface area contributed by atoms with Crippen LogP contribution >= 0.6 is 0 Å². The van der Waals surface area contributed by atoms with Crippen LogP contribution in [0.4, 0.5) is 5.82 Å². The van der Waals surface area contributed by atoms with Crippen molar-refractivity contribution in [2.45, 2.75) is 19.8 Å². The van der Waals surface area contributed by atoms with Gasteiger partial charge in [0, 0.05) is 37.1 Å². The summed E-state index contributed by atoms with van der Waals surface area (Å²) in [7, 11) is 0.